The molecule has 6 heteroatoms. The van der Waals surface area contributed by atoms with E-state index in [-0.39, 0.29) is 37.2 Å². The lowest BCUT2D eigenvalue weighted by molar-refractivity contribution is 0.212. The Balaban J connectivity index is -0.00000432. The third-order valence-corrected chi connectivity index (χ3v) is 8.26. The summed E-state index contributed by atoms with van der Waals surface area (Å²) in [6.07, 6.45) is 32.8. The second-order valence-corrected chi connectivity index (χ2v) is 11.9. The van der Waals surface area contributed by atoms with Gasteiger partial charge in [-0.05, 0) is 84.5 Å². The smallest absolute Gasteiger partial charge is 0.000654 e. The Bertz CT molecular complexity index is 393. The van der Waals surface area contributed by atoms with Gasteiger partial charge in [0.25, 0.3) is 0 Å². The number of hydrogen-bond donors (Lipinski definition) is 1. The standard InChI is InChI=1S/C33H69N3.3ClH/c1-3-5-7-9-11-13-15-17-19-21-28-35-30-23-26-34-27-24-31-36(33-25-32-35)29-22-20-18-16-14-12-10-8-6-4-2;;;/h34H,3-33H2,1-2H3;3*1H. The molecule has 0 spiro atoms. The average molecular weight is 617 g/mol. The molecule has 1 aliphatic heterocycles. The highest BCUT2D eigenvalue weighted by atomic mass is 35.5. The molecule has 240 valence electrons. The van der Waals surface area contributed by atoms with Gasteiger partial charge in [-0.15, -0.1) is 37.2 Å². The molecule has 0 unspecified atom stereocenters. The summed E-state index contributed by atoms with van der Waals surface area (Å²) in [7, 11) is 0. The van der Waals surface area contributed by atoms with Crippen LogP contribution in [0.25, 0.3) is 0 Å². The van der Waals surface area contributed by atoms with Crippen LogP contribution < -0.4 is 5.32 Å². The van der Waals surface area contributed by atoms with E-state index in [0.717, 1.165) is 0 Å². The summed E-state index contributed by atoms with van der Waals surface area (Å²) in [5.41, 5.74) is 0. The maximum atomic E-state index is 3.71. The third kappa shape index (κ3) is 31.5. The van der Waals surface area contributed by atoms with Crippen LogP contribution in [0, 0.1) is 0 Å². The van der Waals surface area contributed by atoms with Crippen LogP contribution in [0.15, 0.2) is 0 Å². The number of hydrogen-bond acceptors (Lipinski definition) is 3. The molecule has 1 aliphatic rings. The van der Waals surface area contributed by atoms with Crippen molar-refractivity contribution in [1.29, 1.82) is 0 Å². The molecule has 1 rings (SSSR count). The molecule has 0 amide bonds. The largest absolute Gasteiger partial charge is 0.317 e. The van der Waals surface area contributed by atoms with Gasteiger partial charge in [0.2, 0.25) is 0 Å². The van der Waals surface area contributed by atoms with E-state index in [9.17, 15) is 0 Å². The Morgan fingerprint density at radius 3 is 1.00 bits per heavy atom. The highest BCUT2D eigenvalue weighted by Crippen LogP contribution is 2.13. The molecule has 0 atom stereocenters. The van der Waals surface area contributed by atoms with Crippen LogP contribution in [0.3, 0.4) is 0 Å². The van der Waals surface area contributed by atoms with E-state index in [1.807, 2.05) is 0 Å². The first-order valence-electron chi connectivity index (χ1n) is 17.0. The second-order valence-electron chi connectivity index (χ2n) is 11.9. The fraction of sp³-hybridized carbons (Fsp3) is 1.00. The number of nitrogens with zero attached hydrogens (tertiary/aromatic N) is 2. The maximum absolute atomic E-state index is 3.71. The summed E-state index contributed by atoms with van der Waals surface area (Å²) < 4.78 is 0. The maximum Gasteiger partial charge on any atom is -0.000654 e. The van der Waals surface area contributed by atoms with Gasteiger partial charge in [0.1, 0.15) is 0 Å². The van der Waals surface area contributed by atoms with Crippen molar-refractivity contribution < 1.29 is 0 Å². The summed E-state index contributed by atoms with van der Waals surface area (Å²) in [6, 6.07) is 0. The van der Waals surface area contributed by atoms with E-state index in [2.05, 4.69) is 29.0 Å². The summed E-state index contributed by atoms with van der Waals surface area (Å²) in [5.74, 6) is 0. The van der Waals surface area contributed by atoms with Crippen molar-refractivity contribution in [3.05, 3.63) is 0 Å². The molecule has 3 nitrogen and oxygen atoms in total. The van der Waals surface area contributed by atoms with E-state index in [0.29, 0.717) is 0 Å². The molecule has 1 N–H and O–H groups in total. The van der Waals surface area contributed by atoms with Crippen LogP contribution in [-0.2, 0) is 0 Å². The highest BCUT2D eigenvalue weighted by Gasteiger charge is 2.10. The molecule has 39 heavy (non-hydrogen) atoms. The number of unbranched alkanes of at least 4 members (excludes halogenated alkanes) is 18. The van der Waals surface area contributed by atoms with Crippen molar-refractivity contribution in [2.45, 2.75) is 162 Å². The van der Waals surface area contributed by atoms with Crippen LogP contribution in [0.5, 0.6) is 0 Å². The molecule has 0 aromatic heterocycles. The van der Waals surface area contributed by atoms with Gasteiger partial charge < -0.3 is 15.1 Å². The molecule has 1 saturated heterocycles. The van der Waals surface area contributed by atoms with Gasteiger partial charge in [-0.3, -0.25) is 0 Å². The lowest BCUT2D eigenvalue weighted by Gasteiger charge is -2.27. The fourth-order valence-electron chi connectivity index (χ4n) is 5.81. The van der Waals surface area contributed by atoms with E-state index in [4.69, 9.17) is 0 Å². The monoisotopic (exact) mass is 615 g/mol. The molecule has 0 radical (unpaired) electrons. The molecule has 1 fully saturated rings. The minimum absolute atomic E-state index is 0. The first-order chi connectivity index (χ1) is 17.9. The normalized spacial score (nSPS) is 15.8. The van der Waals surface area contributed by atoms with Crippen LogP contribution >= 0.6 is 37.2 Å². The lowest BCUT2D eigenvalue weighted by atomic mass is 10.1. The van der Waals surface area contributed by atoms with Crippen LogP contribution in [0.1, 0.15) is 162 Å². The van der Waals surface area contributed by atoms with Crippen molar-refractivity contribution in [1.82, 2.24) is 15.1 Å². The van der Waals surface area contributed by atoms with Crippen molar-refractivity contribution in [2.75, 3.05) is 52.4 Å². The Morgan fingerprint density at radius 1 is 0.385 bits per heavy atom. The van der Waals surface area contributed by atoms with Crippen molar-refractivity contribution >= 4 is 37.2 Å². The molecular formula is C33H72Cl3N3. The number of nitrogens with one attached hydrogen (secondary N) is 1. The van der Waals surface area contributed by atoms with Crippen molar-refractivity contribution in [2.24, 2.45) is 0 Å². The first-order valence-corrected chi connectivity index (χ1v) is 17.0. The van der Waals surface area contributed by atoms with Gasteiger partial charge in [-0.25, -0.2) is 0 Å². The number of rotatable bonds is 22. The average Bonchev–Trinajstić information content (AvgIpc) is 2.88. The summed E-state index contributed by atoms with van der Waals surface area (Å²) >= 11 is 0. The summed E-state index contributed by atoms with van der Waals surface area (Å²) in [6.45, 7) is 14.9. The molecular weight excluding hydrogens is 545 g/mol. The zero-order chi connectivity index (χ0) is 25.8. The number of halogens is 3. The zero-order valence-corrected chi connectivity index (χ0v) is 29.0. The third-order valence-electron chi connectivity index (χ3n) is 8.26. The van der Waals surface area contributed by atoms with Gasteiger partial charge in [-0.2, -0.15) is 0 Å². The van der Waals surface area contributed by atoms with Crippen LogP contribution in [0.2, 0.25) is 0 Å². The fourth-order valence-corrected chi connectivity index (χ4v) is 5.81. The second kappa shape index (κ2) is 36.8. The minimum atomic E-state index is 0. The molecule has 0 aromatic rings. The predicted octanol–water partition coefficient (Wildman–Crippen LogP) is 10.5. The predicted molar refractivity (Wildman–Crippen MR) is 185 cm³/mol. The Kier molecular flexibility index (Phi) is 41.7. The Morgan fingerprint density at radius 2 is 0.667 bits per heavy atom. The van der Waals surface area contributed by atoms with Gasteiger partial charge in [0, 0.05) is 0 Å². The molecule has 0 aliphatic carbocycles. The summed E-state index contributed by atoms with van der Waals surface area (Å²) in [4.78, 5) is 5.57. The van der Waals surface area contributed by atoms with Gasteiger partial charge in [-0.1, -0.05) is 129 Å². The van der Waals surface area contributed by atoms with E-state index < -0.39 is 0 Å². The van der Waals surface area contributed by atoms with Crippen LogP contribution in [-0.4, -0.2) is 62.2 Å². The van der Waals surface area contributed by atoms with Gasteiger partial charge in [0.05, 0.1) is 0 Å². The van der Waals surface area contributed by atoms with E-state index in [1.54, 1.807) is 0 Å². The quantitative estimate of drug-likeness (QED) is 0.122. The zero-order valence-electron chi connectivity index (χ0n) is 26.5. The Hall–Kier alpha value is 0.750. The minimum Gasteiger partial charge on any atom is -0.317 e. The molecule has 0 saturated carbocycles. The van der Waals surface area contributed by atoms with Crippen molar-refractivity contribution in [3.63, 3.8) is 0 Å². The SMILES string of the molecule is CCCCCCCCCCCCN1CCCNCCCN(CCCCCCCCCCCC)CCC1.Cl.Cl.Cl. The van der Waals surface area contributed by atoms with Crippen LogP contribution in [0.4, 0.5) is 0 Å². The van der Waals surface area contributed by atoms with E-state index >= 15 is 0 Å². The first kappa shape index (κ1) is 44.2. The highest BCUT2D eigenvalue weighted by molar-refractivity contribution is 5.86. The molecule has 0 aromatic carbocycles. The summed E-state index contributed by atoms with van der Waals surface area (Å²) in [5, 5.41) is 3.71. The van der Waals surface area contributed by atoms with Gasteiger partial charge in [0.15, 0.2) is 0 Å². The van der Waals surface area contributed by atoms with E-state index in [1.165, 1.54) is 200 Å². The Labute approximate surface area is 265 Å². The molecule has 0 bridgehead atoms. The molecule has 1 heterocycles. The topological polar surface area (TPSA) is 18.5 Å². The van der Waals surface area contributed by atoms with Gasteiger partial charge >= 0.3 is 0 Å². The van der Waals surface area contributed by atoms with Crippen molar-refractivity contribution in [3.8, 4) is 0 Å². The lowest BCUT2D eigenvalue weighted by Crippen LogP contribution is -2.35.